The molecule has 4 rings (SSSR count). The van der Waals surface area contributed by atoms with E-state index in [0.717, 1.165) is 37.2 Å². The molecule has 1 unspecified atom stereocenters. The lowest BCUT2D eigenvalue weighted by atomic mass is 10.0. The van der Waals surface area contributed by atoms with Gasteiger partial charge in [0.2, 0.25) is 18.6 Å². The molecule has 0 aliphatic carbocycles. The fourth-order valence-corrected chi connectivity index (χ4v) is 3.90. The Morgan fingerprint density at radius 1 is 1.06 bits per heavy atom. The molecule has 0 saturated carbocycles. The molecule has 1 saturated heterocycles. The van der Waals surface area contributed by atoms with Gasteiger partial charge in [-0.3, -0.25) is 9.59 Å². The zero-order valence-corrected chi connectivity index (χ0v) is 17.8. The highest BCUT2D eigenvalue weighted by Gasteiger charge is 2.28. The maximum Gasteiger partial charge on any atom is 0.245 e. The van der Waals surface area contributed by atoms with E-state index in [1.807, 2.05) is 35.2 Å². The largest absolute Gasteiger partial charge is 0.454 e. The number of carbonyl (C=O) groups excluding carboxylic acids is 2. The predicted octanol–water partition coefficient (Wildman–Crippen LogP) is 2.44. The first-order chi connectivity index (χ1) is 15.6. The molecule has 0 spiro atoms. The molecule has 2 aliphatic rings. The summed E-state index contributed by atoms with van der Waals surface area (Å²) < 4.78 is 10.7. The van der Waals surface area contributed by atoms with Crippen molar-refractivity contribution >= 4 is 17.5 Å². The number of fused-ring (bicyclic) bond motifs is 1. The van der Waals surface area contributed by atoms with Crippen LogP contribution in [0, 0.1) is 11.3 Å². The van der Waals surface area contributed by atoms with Crippen molar-refractivity contribution in [2.24, 2.45) is 0 Å². The number of anilines is 1. The molecular formula is C24H26N4O4. The van der Waals surface area contributed by atoms with E-state index in [0.29, 0.717) is 30.0 Å². The summed E-state index contributed by atoms with van der Waals surface area (Å²) in [6.45, 7) is 2.09. The van der Waals surface area contributed by atoms with Crippen LogP contribution < -0.4 is 20.1 Å². The molecule has 1 fully saturated rings. The Labute approximate surface area is 187 Å². The average molecular weight is 434 g/mol. The molecule has 2 aliphatic heterocycles. The number of ether oxygens (including phenoxy) is 2. The number of hydrogen-bond donors (Lipinski definition) is 2. The smallest absolute Gasteiger partial charge is 0.245 e. The van der Waals surface area contributed by atoms with Gasteiger partial charge in [-0.15, -0.1) is 0 Å². The Balaban J connectivity index is 1.34. The van der Waals surface area contributed by atoms with Crippen molar-refractivity contribution in [1.82, 2.24) is 10.2 Å². The summed E-state index contributed by atoms with van der Waals surface area (Å²) in [5.41, 5.74) is 2.31. The van der Waals surface area contributed by atoms with Crippen molar-refractivity contribution in [1.29, 1.82) is 5.26 Å². The van der Waals surface area contributed by atoms with E-state index in [9.17, 15) is 9.59 Å². The van der Waals surface area contributed by atoms with E-state index >= 15 is 0 Å². The highest BCUT2D eigenvalue weighted by Crippen LogP contribution is 2.34. The Kier molecular flexibility index (Phi) is 6.75. The van der Waals surface area contributed by atoms with Gasteiger partial charge in [0.15, 0.2) is 11.5 Å². The molecule has 0 bridgehead atoms. The lowest BCUT2D eigenvalue weighted by Crippen LogP contribution is -2.49. The number of nitrogens with zero attached hydrogens (tertiary/aromatic N) is 2. The topological polar surface area (TPSA) is 104 Å². The molecule has 8 heteroatoms. The SMILES string of the molecule is N#Cc1ccc(CC(NC(=O)CCNc2ccc3c(c2)OCO3)C(=O)N2CCCC2)cc1. The molecule has 2 amide bonds. The van der Waals surface area contributed by atoms with Crippen LogP contribution in [0.4, 0.5) is 5.69 Å². The van der Waals surface area contributed by atoms with E-state index in [-0.39, 0.29) is 25.0 Å². The minimum absolute atomic E-state index is 0.0519. The number of benzene rings is 2. The van der Waals surface area contributed by atoms with Gasteiger partial charge in [-0.2, -0.15) is 5.26 Å². The van der Waals surface area contributed by atoms with Gasteiger partial charge in [0, 0.05) is 44.2 Å². The third-order valence-corrected chi connectivity index (χ3v) is 5.63. The third kappa shape index (κ3) is 5.30. The quantitative estimate of drug-likeness (QED) is 0.661. The van der Waals surface area contributed by atoms with Crippen LogP contribution in [0.2, 0.25) is 0 Å². The lowest BCUT2D eigenvalue weighted by molar-refractivity contribution is -0.135. The zero-order valence-electron chi connectivity index (χ0n) is 17.8. The van der Waals surface area contributed by atoms with Gasteiger partial charge in [-0.1, -0.05) is 12.1 Å². The van der Waals surface area contributed by atoms with E-state index in [4.69, 9.17) is 14.7 Å². The molecule has 2 aromatic rings. The number of likely N-dealkylation sites (tertiary alicyclic amines) is 1. The van der Waals surface area contributed by atoms with E-state index < -0.39 is 6.04 Å². The number of amides is 2. The summed E-state index contributed by atoms with van der Waals surface area (Å²) in [6.07, 6.45) is 2.60. The van der Waals surface area contributed by atoms with E-state index in [1.54, 1.807) is 12.1 Å². The maximum absolute atomic E-state index is 13.0. The number of rotatable bonds is 8. The third-order valence-electron chi connectivity index (χ3n) is 5.63. The van der Waals surface area contributed by atoms with Crippen LogP contribution in [0.5, 0.6) is 11.5 Å². The fourth-order valence-electron chi connectivity index (χ4n) is 3.90. The minimum Gasteiger partial charge on any atom is -0.454 e. The summed E-state index contributed by atoms with van der Waals surface area (Å²) in [5.74, 6) is 1.14. The first-order valence-corrected chi connectivity index (χ1v) is 10.8. The highest BCUT2D eigenvalue weighted by molar-refractivity contribution is 5.88. The van der Waals surface area contributed by atoms with Crippen molar-refractivity contribution in [3.05, 3.63) is 53.6 Å². The van der Waals surface area contributed by atoms with Gasteiger partial charge in [-0.05, 0) is 42.7 Å². The molecule has 2 N–H and O–H groups in total. The summed E-state index contributed by atoms with van der Waals surface area (Å²) in [4.78, 5) is 27.5. The Bertz CT molecular complexity index is 1010. The monoisotopic (exact) mass is 434 g/mol. The van der Waals surface area contributed by atoms with Gasteiger partial charge in [0.05, 0.1) is 11.6 Å². The number of nitrogens with one attached hydrogen (secondary N) is 2. The second kappa shape index (κ2) is 10.1. The van der Waals surface area contributed by atoms with Crippen LogP contribution in [-0.2, 0) is 16.0 Å². The summed E-state index contributed by atoms with van der Waals surface area (Å²) in [5, 5.41) is 15.1. The van der Waals surface area contributed by atoms with Crippen LogP contribution in [0.1, 0.15) is 30.4 Å². The van der Waals surface area contributed by atoms with Crippen LogP contribution in [0.15, 0.2) is 42.5 Å². The first-order valence-electron chi connectivity index (χ1n) is 10.8. The first kappa shape index (κ1) is 21.5. The van der Waals surface area contributed by atoms with Crippen LogP contribution in [0.25, 0.3) is 0 Å². The van der Waals surface area contributed by atoms with Gasteiger partial charge in [0.25, 0.3) is 0 Å². The molecule has 166 valence electrons. The Hall–Kier alpha value is -3.73. The van der Waals surface area contributed by atoms with Crippen LogP contribution >= 0.6 is 0 Å². The van der Waals surface area contributed by atoms with Gasteiger partial charge < -0.3 is 25.0 Å². The van der Waals surface area contributed by atoms with Crippen molar-refractivity contribution in [2.75, 3.05) is 31.7 Å². The van der Waals surface area contributed by atoms with Gasteiger partial charge in [0.1, 0.15) is 6.04 Å². The fraction of sp³-hybridized carbons (Fsp3) is 0.375. The molecular weight excluding hydrogens is 408 g/mol. The minimum atomic E-state index is -0.626. The average Bonchev–Trinajstić information content (AvgIpc) is 3.50. The second-order valence-electron chi connectivity index (χ2n) is 7.91. The van der Waals surface area contributed by atoms with Gasteiger partial charge >= 0.3 is 0 Å². The molecule has 8 nitrogen and oxygen atoms in total. The molecule has 0 radical (unpaired) electrons. The lowest BCUT2D eigenvalue weighted by Gasteiger charge is -2.24. The normalized spacial score (nSPS) is 15.2. The summed E-state index contributed by atoms with van der Waals surface area (Å²) in [7, 11) is 0. The van der Waals surface area contributed by atoms with E-state index in [2.05, 4.69) is 16.7 Å². The highest BCUT2D eigenvalue weighted by atomic mass is 16.7. The number of carbonyl (C=O) groups is 2. The predicted molar refractivity (Wildman–Crippen MR) is 118 cm³/mol. The van der Waals surface area contributed by atoms with Crippen molar-refractivity contribution in [3.8, 4) is 17.6 Å². The molecule has 32 heavy (non-hydrogen) atoms. The molecule has 2 heterocycles. The zero-order chi connectivity index (χ0) is 22.3. The number of hydrogen-bond acceptors (Lipinski definition) is 6. The van der Waals surface area contributed by atoms with Gasteiger partial charge in [-0.25, -0.2) is 0 Å². The van der Waals surface area contributed by atoms with Crippen LogP contribution in [0.3, 0.4) is 0 Å². The molecule has 0 aromatic heterocycles. The Morgan fingerprint density at radius 2 is 1.81 bits per heavy atom. The summed E-state index contributed by atoms with van der Waals surface area (Å²) >= 11 is 0. The maximum atomic E-state index is 13.0. The molecule has 1 atom stereocenters. The molecule has 2 aromatic carbocycles. The van der Waals surface area contributed by atoms with Crippen molar-refractivity contribution in [2.45, 2.75) is 31.7 Å². The summed E-state index contributed by atoms with van der Waals surface area (Å²) in [6, 6.07) is 14.1. The van der Waals surface area contributed by atoms with Crippen molar-refractivity contribution in [3.63, 3.8) is 0 Å². The van der Waals surface area contributed by atoms with Crippen molar-refractivity contribution < 1.29 is 19.1 Å². The van der Waals surface area contributed by atoms with Crippen LogP contribution in [-0.4, -0.2) is 49.2 Å². The second-order valence-corrected chi connectivity index (χ2v) is 7.91. The Morgan fingerprint density at radius 3 is 2.56 bits per heavy atom. The standard InChI is InChI=1S/C24H26N4O4/c25-15-18-5-3-17(4-6-18)13-20(24(30)28-11-1-2-12-28)27-23(29)9-10-26-19-7-8-21-22(14-19)32-16-31-21/h3-8,14,20,26H,1-2,9-13,16H2,(H,27,29). The van der Waals surface area contributed by atoms with E-state index in [1.165, 1.54) is 0 Å². The number of nitriles is 1.